The molecule has 1 N–H and O–H groups in total. The highest BCUT2D eigenvalue weighted by atomic mass is 16.7. The van der Waals surface area contributed by atoms with Gasteiger partial charge in [-0.2, -0.15) is 0 Å². The number of likely N-dealkylation sites (tertiary alicyclic amines) is 1. The molecule has 0 saturated carbocycles. The smallest absolute Gasteiger partial charge is 0.410 e. The third-order valence-corrected chi connectivity index (χ3v) is 5.00. The van der Waals surface area contributed by atoms with Crippen LogP contribution in [-0.4, -0.2) is 29.7 Å². The zero-order chi connectivity index (χ0) is 19.7. The van der Waals surface area contributed by atoms with Crippen LogP contribution >= 0.6 is 0 Å². The Morgan fingerprint density at radius 2 is 1.96 bits per heavy atom. The fourth-order valence-electron chi connectivity index (χ4n) is 3.63. The summed E-state index contributed by atoms with van der Waals surface area (Å²) >= 11 is 0. The zero-order valence-corrected chi connectivity index (χ0v) is 16.6. The average Bonchev–Trinajstić information content (AvgIpc) is 3.17. The molecule has 4 rings (SSSR count). The molecular weight excluding hydrogens is 354 g/mol. The number of anilines is 1. The Hall–Kier alpha value is -2.73. The maximum absolute atomic E-state index is 12.4. The fourth-order valence-corrected chi connectivity index (χ4v) is 3.63. The van der Waals surface area contributed by atoms with Crippen LogP contribution in [0.3, 0.4) is 0 Å². The van der Waals surface area contributed by atoms with Crippen molar-refractivity contribution in [2.75, 3.05) is 18.1 Å². The summed E-state index contributed by atoms with van der Waals surface area (Å²) in [6.45, 7) is 7.00. The van der Waals surface area contributed by atoms with Gasteiger partial charge in [0.1, 0.15) is 11.4 Å². The van der Waals surface area contributed by atoms with Crippen molar-refractivity contribution in [3.05, 3.63) is 54.4 Å². The zero-order valence-electron chi connectivity index (χ0n) is 16.6. The van der Waals surface area contributed by atoms with Crippen molar-refractivity contribution in [1.29, 1.82) is 0 Å². The lowest BCUT2D eigenvalue weighted by molar-refractivity contribution is 0.0131. The summed E-state index contributed by atoms with van der Waals surface area (Å²) in [5.74, 6) is 1.00. The number of hydrogen-bond donors (Lipinski definition) is 1. The number of nitrogens with zero attached hydrogens (tertiary/aromatic N) is 2. The minimum atomic E-state index is -0.485. The van der Waals surface area contributed by atoms with Gasteiger partial charge in [0.2, 0.25) is 0 Å². The molecule has 1 amide bonds. The monoisotopic (exact) mass is 381 g/mol. The van der Waals surface area contributed by atoms with E-state index < -0.39 is 5.60 Å². The number of hydrazine groups is 1. The summed E-state index contributed by atoms with van der Waals surface area (Å²) in [5, 5.41) is 4.27. The molecule has 2 aromatic carbocycles. The summed E-state index contributed by atoms with van der Waals surface area (Å²) in [5.41, 5.74) is 3.50. The van der Waals surface area contributed by atoms with E-state index in [4.69, 9.17) is 9.57 Å². The SMILES string of the molecule is CC(C)(C)OC(=O)N1CCCC(C2=CN(c3ccc4ccccc4c3)NO2)C1. The van der Waals surface area contributed by atoms with Crippen molar-refractivity contribution in [2.45, 2.75) is 39.2 Å². The van der Waals surface area contributed by atoms with E-state index in [1.807, 2.05) is 44.1 Å². The molecule has 1 atom stereocenters. The molecular formula is C22H27N3O3. The molecule has 1 saturated heterocycles. The largest absolute Gasteiger partial charge is 0.444 e. The van der Waals surface area contributed by atoms with E-state index in [9.17, 15) is 4.79 Å². The van der Waals surface area contributed by atoms with Gasteiger partial charge in [-0.1, -0.05) is 35.9 Å². The Morgan fingerprint density at radius 1 is 1.18 bits per heavy atom. The summed E-state index contributed by atoms with van der Waals surface area (Å²) in [7, 11) is 0. The summed E-state index contributed by atoms with van der Waals surface area (Å²) in [6, 6.07) is 14.6. The molecule has 2 aliphatic rings. The topological polar surface area (TPSA) is 54.0 Å². The average molecular weight is 381 g/mol. The molecule has 6 heteroatoms. The number of ether oxygens (including phenoxy) is 1. The second-order valence-corrected chi connectivity index (χ2v) is 8.39. The first-order chi connectivity index (χ1) is 13.4. The van der Waals surface area contributed by atoms with Gasteiger partial charge in [0.05, 0.1) is 11.9 Å². The number of fused-ring (bicyclic) bond motifs is 1. The lowest BCUT2D eigenvalue weighted by Gasteiger charge is -2.33. The summed E-state index contributed by atoms with van der Waals surface area (Å²) in [6.07, 6.45) is 3.64. The Bertz CT molecular complexity index is 903. The Balaban J connectivity index is 1.46. The molecule has 0 spiro atoms. The Morgan fingerprint density at radius 3 is 2.75 bits per heavy atom. The second-order valence-electron chi connectivity index (χ2n) is 8.39. The molecule has 148 valence electrons. The van der Waals surface area contributed by atoms with Crippen LogP contribution in [0.2, 0.25) is 0 Å². The third-order valence-electron chi connectivity index (χ3n) is 5.00. The molecule has 2 aromatic rings. The van der Waals surface area contributed by atoms with Crippen molar-refractivity contribution in [3.8, 4) is 0 Å². The number of rotatable bonds is 2. The highest BCUT2D eigenvalue weighted by molar-refractivity contribution is 5.86. The van der Waals surface area contributed by atoms with Crippen molar-refractivity contribution in [3.63, 3.8) is 0 Å². The third kappa shape index (κ3) is 4.07. The van der Waals surface area contributed by atoms with Crippen LogP contribution in [0.4, 0.5) is 10.5 Å². The highest BCUT2D eigenvalue weighted by Gasteiger charge is 2.32. The molecule has 28 heavy (non-hydrogen) atoms. The van der Waals surface area contributed by atoms with E-state index in [1.165, 1.54) is 10.8 Å². The number of nitrogens with one attached hydrogen (secondary N) is 1. The van der Waals surface area contributed by atoms with Crippen LogP contribution in [0.25, 0.3) is 10.8 Å². The van der Waals surface area contributed by atoms with E-state index in [0.717, 1.165) is 30.8 Å². The summed E-state index contributed by atoms with van der Waals surface area (Å²) in [4.78, 5) is 19.9. The van der Waals surface area contributed by atoms with E-state index in [2.05, 4.69) is 35.9 Å². The number of carbonyl (C=O) groups excluding carboxylic acids is 1. The van der Waals surface area contributed by atoms with Crippen LogP contribution in [0.1, 0.15) is 33.6 Å². The fraction of sp³-hybridized carbons (Fsp3) is 0.409. The lowest BCUT2D eigenvalue weighted by atomic mass is 9.96. The van der Waals surface area contributed by atoms with Crippen molar-refractivity contribution < 1.29 is 14.4 Å². The van der Waals surface area contributed by atoms with Crippen LogP contribution in [-0.2, 0) is 9.57 Å². The van der Waals surface area contributed by atoms with Crippen LogP contribution in [0.5, 0.6) is 0 Å². The lowest BCUT2D eigenvalue weighted by Crippen LogP contribution is -2.43. The van der Waals surface area contributed by atoms with Gasteiger partial charge in [-0.3, -0.25) is 0 Å². The molecule has 1 fully saturated rings. The predicted octanol–water partition coefficient (Wildman–Crippen LogP) is 4.58. The van der Waals surface area contributed by atoms with Gasteiger partial charge in [0.15, 0.2) is 0 Å². The maximum atomic E-state index is 12.4. The molecule has 0 aliphatic carbocycles. The molecule has 0 bridgehead atoms. The normalized spacial score (nSPS) is 20.1. The Labute approximate surface area is 165 Å². The van der Waals surface area contributed by atoms with Gasteiger partial charge in [0.25, 0.3) is 0 Å². The quantitative estimate of drug-likeness (QED) is 0.825. The number of piperidine rings is 1. The molecule has 1 unspecified atom stereocenters. The van der Waals surface area contributed by atoms with Gasteiger partial charge in [-0.25, -0.2) is 9.80 Å². The molecule has 6 nitrogen and oxygen atoms in total. The van der Waals surface area contributed by atoms with E-state index in [0.29, 0.717) is 6.54 Å². The van der Waals surface area contributed by atoms with Crippen LogP contribution < -0.4 is 10.6 Å². The van der Waals surface area contributed by atoms with Crippen LogP contribution in [0, 0.1) is 5.92 Å². The highest BCUT2D eigenvalue weighted by Crippen LogP contribution is 2.30. The molecule has 0 radical (unpaired) electrons. The van der Waals surface area contributed by atoms with E-state index in [-0.39, 0.29) is 12.0 Å². The first kappa shape index (κ1) is 18.6. The first-order valence-corrected chi connectivity index (χ1v) is 9.79. The first-order valence-electron chi connectivity index (χ1n) is 9.79. The van der Waals surface area contributed by atoms with Gasteiger partial charge >= 0.3 is 6.09 Å². The predicted molar refractivity (Wildman–Crippen MR) is 109 cm³/mol. The second kappa shape index (κ2) is 7.36. The van der Waals surface area contributed by atoms with Crippen molar-refractivity contribution in [1.82, 2.24) is 10.5 Å². The molecule has 2 aliphatic heterocycles. The number of amides is 1. The van der Waals surface area contributed by atoms with Gasteiger partial charge in [-0.05, 0) is 56.5 Å². The Kier molecular flexibility index (Phi) is 4.89. The number of carbonyl (C=O) groups is 1. The van der Waals surface area contributed by atoms with E-state index >= 15 is 0 Å². The van der Waals surface area contributed by atoms with Gasteiger partial charge < -0.3 is 14.5 Å². The molecule has 2 heterocycles. The van der Waals surface area contributed by atoms with Crippen molar-refractivity contribution in [2.24, 2.45) is 5.92 Å². The minimum Gasteiger partial charge on any atom is -0.444 e. The standard InChI is InChI=1S/C22H27N3O3/c1-22(2,3)27-21(26)24-12-6-9-18(14-24)20-15-25(23-28-20)19-11-10-16-7-4-5-8-17(16)13-19/h4-5,7-8,10-11,13,15,18,23H,6,9,12,14H2,1-3H3. The number of benzene rings is 2. The van der Waals surface area contributed by atoms with Gasteiger partial charge in [0, 0.05) is 19.0 Å². The van der Waals surface area contributed by atoms with Crippen molar-refractivity contribution >= 4 is 22.6 Å². The summed E-state index contributed by atoms with van der Waals surface area (Å²) < 4.78 is 5.52. The number of hydrogen-bond acceptors (Lipinski definition) is 5. The maximum Gasteiger partial charge on any atom is 0.410 e. The molecule has 0 aromatic heterocycles. The van der Waals surface area contributed by atoms with E-state index in [1.54, 1.807) is 4.90 Å². The minimum absolute atomic E-state index is 0.152. The van der Waals surface area contributed by atoms with Crippen LogP contribution in [0.15, 0.2) is 54.4 Å². The van der Waals surface area contributed by atoms with Gasteiger partial charge in [-0.15, -0.1) is 0 Å².